The van der Waals surface area contributed by atoms with E-state index in [0.29, 0.717) is 38.6 Å². The maximum atomic E-state index is 9.40. The molecule has 0 aliphatic heterocycles. The van der Waals surface area contributed by atoms with Crippen molar-refractivity contribution in [1.82, 2.24) is 4.98 Å². The van der Waals surface area contributed by atoms with E-state index in [4.69, 9.17) is 15.4 Å². The first-order valence-corrected chi connectivity index (χ1v) is 15.9. The summed E-state index contributed by atoms with van der Waals surface area (Å²) in [4.78, 5) is 4.49. The molecule has 2 fully saturated rings. The van der Waals surface area contributed by atoms with E-state index < -0.39 is 31.4 Å². The largest absolute Gasteiger partial charge is 0.455 e. The summed E-state index contributed by atoms with van der Waals surface area (Å²) in [6.07, 6.45) is 9.59. The van der Waals surface area contributed by atoms with Gasteiger partial charge >= 0.3 is 0 Å². The van der Waals surface area contributed by atoms with Crippen LogP contribution in [0.3, 0.4) is 0 Å². The smallest absolute Gasteiger partial charge is 0.144 e. The van der Waals surface area contributed by atoms with E-state index in [9.17, 15) is 1.37 Å². The van der Waals surface area contributed by atoms with Crippen LogP contribution in [0.5, 0.6) is 0 Å². The van der Waals surface area contributed by atoms with Crippen molar-refractivity contribution in [3.63, 3.8) is 0 Å². The number of fused-ring (bicyclic) bond motifs is 3. The zero-order valence-electron chi connectivity index (χ0n) is 34.6. The molecule has 43 heavy (non-hydrogen) atoms. The summed E-state index contributed by atoms with van der Waals surface area (Å²) in [6, 6.07) is 18.5. The van der Waals surface area contributed by atoms with Gasteiger partial charge in [0.2, 0.25) is 0 Å². The Hall–Kier alpha value is -3.39. The van der Waals surface area contributed by atoms with Crippen molar-refractivity contribution < 1.29 is 16.8 Å². The van der Waals surface area contributed by atoms with Gasteiger partial charge in [-0.05, 0) is 121 Å². The fraction of sp³-hybridized carbons (Fsp3) is 0.439. The second-order valence-electron chi connectivity index (χ2n) is 13.9. The molecule has 0 atom stereocenters. The summed E-state index contributed by atoms with van der Waals surface area (Å²) >= 11 is 0. The molecule has 5 aromatic rings. The van der Waals surface area contributed by atoms with Crippen molar-refractivity contribution in [1.29, 1.82) is 0 Å². The highest BCUT2D eigenvalue weighted by molar-refractivity contribution is 6.11. The number of aryl methyl sites for hydroxylation is 2. The molecular weight excluding hydrogens is 522 g/mol. The molecule has 0 saturated heterocycles. The van der Waals surface area contributed by atoms with Gasteiger partial charge in [0.1, 0.15) is 11.2 Å². The molecule has 2 aliphatic rings. The highest BCUT2D eigenvalue weighted by Gasteiger charge is 2.36. The Morgan fingerprint density at radius 2 is 1.65 bits per heavy atom. The molecule has 7 rings (SSSR count). The average Bonchev–Trinajstić information content (AvgIpc) is 3.47. The molecule has 2 heteroatoms. The number of para-hydroxylation sites is 1. The first kappa shape index (κ1) is 19.8. The predicted molar refractivity (Wildman–Crippen MR) is 182 cm³/mol. The van der Waals surface area contributed by atoms with Gasteiger partial charge in [0.15, 0.2) is 0 Å². The predicted octanol–water partition coefficient (Wildman–Crippen LogP) is 12.1. The van der Waals surface area contributed by atoms with Crippen LogP contribution in [-0.4, -0.2) is 4.98 Å². The highest BCUT2D eigenvalue weighted by atomic mass is 16.3. The van der Waals surface area contributed by atoms with Gasteiger partial charge in [-0.1, -0.05) is 82.5 Å². The number of aromatic nitrogens is 1. The van der Waals surface area contributed by atoms with Gasteiger partial charge in [-0.25, -0.2) is 0 Å². The lowest BCUT2D eigenvalue weighted by Gasteiger charge is -2.43. The molecule has 0 bridgehead atoms. The van der Waals surface area contributed by atoms with Crippen LogP contribution >= 0.6 is 0 Å². The van der Waals surface area contributed by atoms with Crippen molar-refractivity contribution in [2.75, 3.05) is 0 Å². The lowest BCUT2D eigenvalue weighted by Crippen LogP contribution is -2.29. The molecule has 0 N–H and O–H groups in total. The van der Waals surface area contributed by atoms with Crippen molar-refractivity contribution in [2.45, 2.75) is 105 Å². The van der Waals surface area contributed by atoms with Crippen LogP contribution in [0.1, 0.15) is 119 Å². The number of hydrogen-bond acceptors (Lipinski definition) is 2. The molecule has 0 amide bonds. The molecule has 2 nitrogen and oxygen atoms in total. The Morgan fingerprint density at radius 3 is 2.37 bits per heavy atom. The lowest BCUT2D eigenvalue weighted by atomic mass is 9.62. The third kappa shape index (κ3) is 5.43. The third-order valence-corrected chi connectivity index (χ3v) is 9.79. The van der Waals surface area contributed by atoms with Gasteiger partial charge in [0.05, 0.1) is 5.69 Å². The van der Waals surface area contributed by atoms with Gasteiger partial charge in [0, 0.05) is 40.4 Å². The van der Waals surface area contributed by atoms with Crippen molar-refractivity contribution in [3.05, 3.63) is 89.1 Å². The summed E-state index contributed by atoms with van der Waals surface area (Å²) in [7, 11) is 0. The molecule has 2 aromatic heterocycles. The van der Waals surface area contributed by atoms with Crippen molar-refractivity contribution >= 4 is 21.9 Å². The first-order valence-electron chi connectivity index (χ1n) is 20.4. The summed E-state index contributed by atoms with van der Waals surface area (Å²) in [5.74, 6) is -0.644. The number of furan rings is 1. The highest BCUT2D eigenvalue weighted by Crippen LogP contribution is 2.51. The third-order valence-electron chi connectivity index (χ3n) is 9.79. The molecule has 1 spiro atoms. The van der Waals surface area contributed by atoms with Gasteiger partial charge in [-0.2, -0.15) is 0 Å². The van der Waals surface area contributed by atoms with Gasteiger partial charge < -0.3 is 4.42 Å². The van der Waals surface area contributed by atoms with Crippen LogP contribution in [0.15, 0.2) is 71.3 Å². The minimum absolute atomic E-state index is 0.0307. The normalized spacial score (nSPS) is 22.4. The summed E-state index contributed by atoms with van der Waals surface area (Å²) in [6.45, 7) is 0.0785. The number of hydrogen-bond donors (Lipinski definition) is 0. The van der Waals surface area contributed by atoms with Crippen molar-refractivity contribution in [2.24, 2.45) is 10.8 Å². The Bertz CT molecular complexity index is 2120. The van der Waals surface area contributed by atoms with Gasteiger partial charge in [-0.15, -0.1) is 0 Å². The number of pyridine rings is 1. The molecule has 0 unspecified atom stereocenters. The van der Waals surface area contributed by atoms with E-state index in [0.717, 1.165) is 36.8 Å². The molecule has 222 valence electrons. The zero-order valence-corrected chi connectivity index (χ0v) is 25.6. The minimum Gasteiger partial charge on any atom is -0.455 e. The number of rotatable bonds is 4. The quantitative estimate of drug-likeness (QED) is 0.212. The Labute approximate surface area is 270 Å². The van der Waals surface area contributed by atoms with E-state index >= 15 is 0 Å². The SMILES string of the molecule is [2H]C([2H])([2H])c1cnc(-c2cccc3c2oc2c(C([2H])([2H])[2H])c(-c4ccc(C5([2H])CCC6(CCCCC6)CC5)cc4)ccc23)cc1C([2H])([2H])C(C)(C)C. The molecule has 3 aromatic carbocycles. The first-order chi connectivity index (χ1) is 24.2. The van der Waals surface area contributed by atoms with Gasteiger partial charge in [0.25, 0.3) is 0 Å². The molecule has 0 radical (unpaired) electrons. The van der Waals surface area contributed by atoms with E-state index in [2.05, 4.69) is 4.98 Å². The van der Waals surface area contributed by atoms with E-state index in [1.807, 2.05) is 48.5 Å². The second-order valence-corrected chi connectivity index (χ2v) is 13.9. The summed E-state index contributed by atoms with van der Waals surface area (Å²) in [5.41, 5.74) is 3.15. The van der Waals surface area contributed by atoms with Crippen LogP contribution in [0.2, 0.25) is 0 Å². The Morgan fingerprint density at radius 1 is 0.884 bits per heavy atom. The molecule has 2 heterocycles. The average molecular weight is 579 g/mol. The van der Waals surface area contributed by atoms with E-state index in [1.165, 1.54) is 44.4 Å². The lowest BCUT2D eigenvalue weighted by molar-refractivity contribution is 0.114. The van der Waals surface area contributed by atoms with Crippen LogP contribution < -0.4 is 0 Å². The monoisotopic (exact) mass is 578 g/mol. The maximum Gasteiger partial charge on any atom is 0.144 e. The zero-order chi connectivity index (χ0) is 37.5. The van der Waals surface area contributed by atoms with E-state index in [-0.39, 0.29) is 22.3 Å². The van der Waals surface area contributed by atoms with Crippen molar-refractivity contribution in [3.8, 4) is 22.4 Å². The van der Waals surface area contributed by atoms with Gasteiger partial charge in [-0.3, -0.25) is 4.98 Å². The van der Waals surface area contributed by atoms with E-state index in [1.54, 1.807) is 26.8 Å². The van der Waals surface area contributed by atoms with Crippen LogP contribution in [0, 0.1) is 24.5 Å². The van der Waals surface area contributed by atoms with Crippen LogP contribution in [0.25, 0.3) is 44.3 Å². The van der Waals surface area contributed by atoms with Crippen LogP contribution in [-0.2, 0) is 6.37 Å². The molecule has 2 saturated carbocycles. The summed E-state index contributed by atoms with van der Waals surface area (Å²) < 4.78 is 84.1. The standard InChI is InChI=1S/C41H47NO/c1-27-26-42-37(24-32(27)25-40(3,4)5)36-11-9-10-34-35-17-16-33(28(2)38(35)43-39(34)36)31-14-12-29(13-15-31)30-18-22-41(23-19-30)20-7-6-8-21-41/h9-17,24,26,30H,6-8,18-23,25H2,1-5H3/i1D3,2D3,25D2,30D. The Kier molecular flexibility index (Phi) is 5.04. The molecular formula is C41H47NO. The second kappa shape index (κ2) is 11.0. The number of nitrogens with zero attached hydrogens (tertiary/aromatic N) is 1. The molecule has 2 aliphatic carbocycles. The number of benzene rings is 3. The summed E-state index contributed by atoms with van der Waals surface area (Å²) in [5, 5.41) is 1.29. The van der Waals surface area contributed by atoms with Crippen LogP contribution in [0.4, 0.5) is 0 Å². The minimum atomic E-state index is -2.58. The Balaban J connectivity index is 1.31. The fourth-order valence-electron chi connectivity index (χ4n) is 7.47. The topological polar surface area (TPSA) is 26.0 Å². The fourth-order valence-corrected chi connectivity index (χ4v) is 7.47. The maximum absolute atomic E-state index is 9.40.